The zero-order valence-electron chi connectivity index (χ0n) is 12.3. The molecule has 0 unspecified atom stereocenters. The Morgan fingerprint density at radius 1 is 1.23 bits per heavy atom. The molecule has 2 aromatic carbocycles. The Morgan fingerprint density at radius 3 is 2.86 bits per heavy atom. The molecule has 0 spiro atoms. The maximum atomic E-state index is 12.2. The molecule has 0 saturated heterocycles. The molecular weight excluding hydrogens is 387 g/mol. The van der Waals surface area contributed by atoms with E-state index in [9.17, 15) is 4.79 Å². The molecule has 0 aliphatic heterocycles. The van der Waals surface area contributed by atoms with Crippen molar-refractivity contribution in [2.24, 2.45) is 0 Å². The number of carbonyl (C=O) groups is 1. The van der Waals surface area contributed by atoms with E-state index < -0.39 is 0 Å². The number of carbonyl (C=O) groups excluding carboxylic acids is 1. The number of amides is 1. The number of H-pyrrole nitrogens is 1. The summed E-state index contributed by atoms with van der Waals surface area (Å²) < 4.78 is 1.17. The number of fused-ring (bicyclic) bond motifs is 1. The minimum Gasteiger partial charge on any atom is -0.361 e. The van der Waals surface area contributed by atoms with E-state index in [2.05, 4.69) is 45.0 Å². The first-order chi connectivity index (χ1) is 10.6. The summed E-state index contributed by atoms with van der Waals surface area (Å²) in [6.45, 7) is 2.01. The molecule has 3 aromatic rings. The number of aromatic amines is 1. The van der Waals surface area contributed by atoms with Crippen molar-refractivity contribution in [2.45, 2.75) is 19.8 Å². The molecule has 0 aliphatic carbocycles. The standard InChI is InChI=1S/C18H17IN2O/c1-12-10-14(19)7-8-16(12)21-18(22)9-6-13-11-20-17-5-3-2-4-15(13)17/h2-5,7-8,10-11,20H,6,9H2,1H3,(H,21,22). The number of nitrogens with one attached hydrogen (secondary N) is 2. The number of aryl methyl sites for hydroxylation is 2. The van der Waals surface area contributed by atoms with Crippen molar-refractivity contribution in [1.82, 2.24) is 4.98 Å². The van der Waals surface area contributed by atoms with Crippen LogP contribution in [-0.4, -0.2) is 10.9 Å². The van der Waals surface area contributed by atoms with Gasteiger partial charge >= 0.3 is 0 Å². The Bertz CT molecular complexity index is 823. The second kappa shape index (κ2) is 6.52. The van der Waals surface area contributed by atoms with E-state index in [1.54, 1.807) is 0 Å². The largest absolute Gasteiger partial charge is 0.361 e. The average Bonchev–Trinajstić information content (AvgIpc) is 2.91. The molecule has 3 rings (SSSR count). The second-order valence-electron chi connectivity index (χ2n) is 5.37. The smallest absolute Gasteiger partial charge is 0.224 e. The number of rotatable bonds is 4. The molecule has 112 valence electrons. The highest BCUT2D eigenvalue weighted by Crippen LogP contribution is 2.20. The van der Waals surface area contributed by atoms with Crippen molar-refractivity contribution < 1.29 is 4.79 Å². The lowest BCUT2D eigenvalue weighted by Gasteiger charge is -2.08. The third-order valence-corrected chi connectivity index (χ3v) is 4.43. The van der Waals surface area contributed by atoms with Crippen molar-refractivity contribution in [1.29, 1.82) is 0 Å². The topological polar surface area (TPSA) is 44.9 Å². The van der Waals surface area contributed by atoms with E-state index in [1.165, 1.54) is 14.5 Å². The van der Waals surface area contributed by atoms with Gasteiger partial charge in [0.15, 0.2) is 0 Å². The quantitative estimate of drug-likeness (QED) is 0.611. The Hall–Kier alpha value is -1.82. The summed E-state index contributed by atoms with van der Waals surface area (Å²) in [4.78, 5) is 15.4. The molecule has 0 bridgehead atoms. The fourth-order valence-electron chi connectivity index (χ4n) is 2.57. The van der Waals surface area contributed by atoms with Crippen LogP contribution in [0.2, 0.25) is 0 Å². The highest BCUT2D eigenvalue weighted by Gasteiger charge is 2.08. The fourth-order valence-corrected chi connectivity index (χ4v) is 3.21. The summed E-state index contributed by atoms with van der Waals surface area (Å²) in [6, 6.07) is 14.2. The summed E-state index contributed by atoms with van der Waals surface area (Å²) in [5.74, 6) is 0.0505. The molecule has 0 atom stereocenters. The van der Waals surface area contributed by atoms with Gasteiger partial charge in [-0.3, -0.25) is 4.79 Å². The van der Waals surface area contributed by atoms with Gasteiger partial charge in [-0.15, -0.1) is 0 Å². The third-order valence-electron chi connectivity index (χ3n) is 3.76. The van der Waals surface area contributed by atoms with Crippen LogP contribution in [0.3, 0.4) is 0 Å². The Labute approximate surface area is 143 Å². The van der Waals surface area contributed by atoms with Crippen LogP contribution in [0.1, 0.15) is 17.5 Å². The van der Waals surface area contributed by atoms with Gasteiger partial charge in [-0.25, -0.2) is 0 Å². The molecule has 0 fully saturated rings. The lowest BCUT2D eigenvalue weighted by atomic mass is 10.1. The first-order valence-electron chi connectivity index (χ1n) is 7.24. The predicted molar refractivity (Wildman–Crippen MR) is 99.1 cm³/mol. The van der Waals surface area contributed by atoms with E-state index in [-0.39, 0.29) is 5.91 Å². The molecule has 1 amide bonds. The molecule has 1 heterocycles. The third kappa shape index (κ3) is 3.32. The molecule has 0 saturated carbocycles. The Morgan fingerprint density at radius 2 is 2.05 bits per heavy atom. The predicted octanol–water partition coefficient (Wildman–Crippen LogP) is 4.65. The van der Waals surface area contributed by atoms with E-state index in [1.807, 2.05) is 43.5 Å². The van der Waals surface area contributed by atoms with Gasteiger partial charge in [-0.05, 0) is 71.3 Å². The number of halogens is 1. The summed E-state index contributed by atoms with van der Waals surface area (Å²) in [5.41, 5.74) is 4.29. The monoisotopic (exact) mass is 404 g/mol. The van der Waals surface area contributed by atoms with E-state index in [4.69, 9.17) is 0 Å². The first kappa shape index (κ1) is 15.1. The number of hydrogen-bond acceptors (Lipinski definition) is 1. The van der Waals surface area contributed by atoms with Crippen LogP contribution >= 0.6 is 22.6 Å². The van der Waals surface area contributed by atoms with Crippen LogP contribution in [-0.2, 0) is 11.2 Å². The Balaban J connectivity index is 1.65. The van der Waals surface area contributed by atoms with Gasteiger partial charge in [0.2, 0.25) is 5.91 Å². The maximum Gasteiger partial charge on any atom is 0.224 e. The van der Waals surface area contributed by atoms with Gasteiger partial charge in [0.25, 0.3) is 0 Å². The molecule has 1 aromatic heterocycles. The number of para-hydroxylation sites is 1. The van der Waals surface area contributed by atoms with Crippen LogP contribution < -0.4 is 5.32 Å². The van der Waals surface area contributed by atoms with Gasteiger partial charge in [0.1, 0.15) is 0 Å². The Kier molecular flexibility index (Phi) is 4.47. The summed E-state index contributed by atoms with van der Waals surface area (Å²) in [6.07, 6.45) is 3.21. The second-order valence-corrected chi connectivity index (χ2v) is 6.61. The SMILES string of the molecule is Cc1cc(I)ccc1NC(=O)CCc1c[nH]c2ccccc12. The highest BCUT2D eigenvalue weighted by atomic mass is 127. The maximum absolute atomic E-state index is 12.2. The van der Waals surface area contributed by atoms with Crippen molar-refractivity contribution >= 4 is 45.1 Å². The van der Waals surface area contributed by atoms with E-state index >= 15 is 0 Å². The summed E-state index contributed by atoms with van der Waals surface area (Å²) in [5, 5.41) is 4.19. The number of benzene rings is 2. The van der Waals surface area contributed by atoms with Gasteiger partial charge in [0.05, 0.1) is 0 Å². The number of aromatic nitrogens is 1. The normalized spacial score (nSPS) is 10.8. The fraction of sp³-hybridized carbons (Fsp3) is 0.167. The van der Waals surface area contributed by atoms with E-state index in [0.29, 0.717) is 6.42 Å². The van der Waals surface area contributed by atoms with E-state index in [0.717, 1.165) is 23.2 Å². The van der Waals surface area contributed by atoms with Crippen LogP contribution in [0.4, 0.5) is 5.69 Å². The lowest BCUT2D eigenvalue weighted by Crippen LogP contribution is -2.13. The average molecular weight is 404 g/mol. The summed E-state index contributed by atoms with van der Waals surface area (Å²) >= 11 is 2.27. The van der Waals surface area contributed by atoms with Crippen molar-refractivity contribution in [3.05, 3.63) is 63.4 Å². The zero-order chi connectivity index (χ0) is 15.5. The number of anilines is 1. The zero-order valence-corrected chi connectivity index (χ0v) is 14.5. The van der Waals surface area contributed by atoms with Crippen LogP contribution in [0.15, 0.2) is 48.7 Å². The molecule has 4 heteroatoms. The molecule has 22 heavy (non-hydrogen) atoms. The van der Waals surface area contributed by atoms with Crippen LogP contribution in [0.25, 0.3) is 10.9 Å². The minimum absolute atomic E-state index is 0.0505. The van der Waals surface area contributed by atoms with Gasteiger partial charge in [0, 0.05) is 32.8 Å². The van der Waals surface area contributed by atoms with Crippen molar-refractivity contribution in [3.63, 3.8) is 0 Å². The molecular formula is C18H17IN2O. The van der Waals surface area contributed by atoms with Gasteiger partial charge in [-0.1, -0.05) is 18.2 Å². The number of hydrogen-bond donors (Lipinski definition) is 2. The molecule has 0 radical (unpaired) electrons. The summed E-state index contributed by atoms with van der Waals surface area (Å²) in [7, 11) is 0. The van der Waals surface area contributed by atoms with Crippen LogP contribution in [0.5, 0.6) is 0 Å². The first-order valence-corrected chi connectivity index (χ1v) is 8.32. The van der Waals surface area contributed by atoms with Crippen molar-refractivity contribution in [3.8, 4) is 0 Å². The molecule has 2 N–H and O–H groups in total. The van der Waals surface area contributed by atoms with Gasteiger partial charge in [-0.2, -0.15) is 0 Å². The molecule has 3 nitrogen and oxygen atoms in total. The van der Waals surface area contributed by atoms with Crippen LogP contribution in [0, 0.1) is 10.5 Å². The van der Waals surface area contributed by atoms with Crippen molar-refractivity contribution in [2.75, 3.05) is 5.32 Å². The van der Waals surface area contributed by atoms with Gasteiger partial charge < -0.3 is 10.3 Å². The molecule has 0 aliphatic rings. The lowest BCUT2D eigenvalue weighted by molar-refractivity contribution is -0.116. The highest BCUT2D eigenvalue weighted by molar-refractivity contribution is 14.1. The minimum atomic E-state index is 0.0505.